The quantitative estimate of drug-likeness (QED) is 0.400. The van der Waals surface area contributed by atoms with Gasteiger partial charge in [-0.15, -0.1) is 0 Å². The monoisotopic (exact) mass is 444 g/mol. The molecule has 3 aromatic rings. The molecule has 0 radical (unpaired) electrons. The van der Waals surface area contributed by atoms with Gasteiger partial charge in [-0.05, 0) is 64.6 Å². The van der Waals surface area contributed by atoms with Crippen molar-refractivity contribution < 1.29 is 13.2 Å². The van der Waals surface area contributed by atoms with Crippen LogP contribution in [-0.4, -0.2) is 15.0 Å². The average Bonchev–Trinajstić information content (AvgIpc) is 2.54. The third-order valence-corrected chi connectivity index (χ3v) is 4.62. The smallest absolute Gasteiger partial charge is 0.363 e. The summed E-state index contributed by atoms with van der Waals surface area (Å²) in [6.07, 6.45) is -2.86. The Bertz CT molecular complexity index is 978. The summed E-state index contributed by atoms with van der Waals surface area (Å²) in [5.74, 6) is 0.424. The molecule has 1 N–H and O–H groups in total. The lowest BCUT2D eigenvalue weighted by Gasteiger charge is -2.21. The van der Waals surface area contributed by atoms with Crippen LogP contribution in [0.25, 0.3) is 10.9 Å². The number of rotatable bonds is 3. The van der Waals surface area contributed by atoms with Crippen LogP contribution in [0.5, 0.6) is 0 Å². The Morgan fingerprint density at radius 3 is 2.65 bits per heavy atom. The SMILES string of the molecule is Cc1c([C@@H](C)Nc2nc(Cl)nc3cnc(Br)cc23)cccc1C(F)(F)F. The summed E-state index contributed by atoms with van der Waals surface area (Å²) in [4.78, 5) is 12.4. The summed E-state index contributed by atoms with van der Waals surface area (Å²) in [5.41, 5.74) is 0.577. The molecule has 26 heavy (non-hydrogen) atoms. The normalized spacial score (nSPS) is 13.0. The fourth-order valence-electron chi connectivity index (χ4n) is 2.80. The summed E-state index contributed by atoms with van der Waals surface area (Å²) in [6.45, 7) is 3.22. The fourth-order valence-corrected chi connectivity index (χ4v) is 3.31. The van der Waals surface area contributed by atoms with Crippen LogP contribution in [-0.2, 0) is 6.18 Å². The second kappa shape index (κ2) is 7.00. The van der Waals surface area contributed by atoms with Crippen LogP contribution in [0.2, 0.25) is 5.28 Å². The number of alkyl halides is 3. The molecule has 136 valence electrons. The summed E-state index contributed by atoms with van der Waals surface area (Å²) in [5, 5.41) is 3.82. The van der Waals surface area contributed by atoms with Gasteiger partial charge in [-0.2, -0.15) is 13.2 Å². The molecule has 0 fully saturated rings. The molecule has 9 heteroatoms. The lowest BCUT2D eigenvalue weighted by atomic mass is 9.97. The van der Waals surface area contributed by atoms with Crippen LogP contribution in [0.1, 0.15) is 29.7 Å². The minimum atomic E-state index is -4.40. The number of fused-ring (bicyclic) bond motifs is 1. The highest BCUT2D eigenvalue weighted by Crippen LogP contribution is 2.35. The fraction of sp³-hybridized carbons (Fsp3) is 0.235. The van der Waals surface area contributed by atoms with E-state index in [1.165, 1.54) is 13.0 Å². The molecule has 4 nitrogen and oxygen atoms in total. The largest absolute Gasteiger partial charge is 0.416 e. The van der Waals surface area contributed by atoms with E-state index >= 15 is 0 Å². The van der Waals surface area contributed by atoms with Crippen LogP contribution < -0.4 is 5.32 Å². The van der Waals surface area contributed by atoms with Gasteiger partial charge in [-0.1, -0.05) is 12.1 Å². The predicted molar refractivity (Wildman–Crippen MR) is 98.3 cm³/mol. The third kappa shape index (κ3) is 3.76. The van der Waals surface area contributed by atoms with Crippen molar-refractivity contribution in [3.63, 3.8) is 0 Å². The minimum absolute atomic E-state index is 0.0251. The number of halogens is 5. The molecule has 2 heterocycles. The molecule has 3 rings (SSSR count). The average molecular weight is 446 g/mol. The highest BCUT2D eigenvalue weighted by atomic mass is 79.9. The van der Waals surface area contributed by atoms with Crippen molar-refractivity contribution in [3.8, 4) is 0 Å². The van der Waals surface area contributed by atoms with Crippen molar-refractivity contribution in [3.05, 3.63) is 57.0 Å². The van der Waals surface area contributed by atoms with Crippen LogP contribution in [0.3, 0.4) is 0 Å². The molecular formula is C17H13BrClF3N4. The van der Waals surface area contributed by atoms with E-state index in [1.807, 2.05) is 0 Å². The van der Waals surface area contributed by atoms with Gasteiger partial charge < -0.3 is 5.32 Å². The van der Waals surface area contributed by atoms with Gasteiger partial charge in [-0.3, -0.25) is 0 Å². The maximum atomic E-state index is 13.2. The zero-order chi connectivity index (χ0) is 19.1. The van der Waals surface area contributed by atoms with E-state index in [2.05, 4.69) is 36.2 Å². The summed E-state index contributed by atoms with van der Waals surface area (Å²) < 4.78 is 40.0. The zero-order valence-corrected chi connectivity index (χ0v) is 16.0. The van der Waals surface area contributed by atoms with E-state index < -0.39 is 17.8 Å². The van der Waals surface area contributed by atoms with E-state index in [1.54, 1.807) is 25.3 Å². The van der Waals surface area contributed by atoms with Crippen LogP contribution in [0, 0.1) is 6.92 Å². The van der Waals surface area contributed by atoms with Gasteiger partial charge in [0.05, 0.1) is 23.3 Å². The van der Waals surface area contributed by atoms with Crippen molar-refractivity contribution in [2.75, 3.05) is 5.32 Å². The van der Waals surface area contributed by atoms with Gasteiger partial charge >= 0.3 is 6.18 Å². The Hall–Kier alpha value is -1.93. The lowest BCUT2D eigenvalue weighted by molar-refractivity contribution is -0.138. The van der Waals surface area contributed by atoms with Crippen LogP contribution in [0.4, 0.5) is 19.0 Å². The van der Waals surface area contributed by atoms with Crippen molar-refractivity contribution in [1.29, 1.82) is 0 Å². The first-order valence-corrected chi connectivity index (χ1v) is 8.76. The van der Waals surface area contributed by atoms with Gasteiger partial charge in [-0.25, -0.2) is 15.0 Å². The Kier molecular flexibility index (Phi) is 5.07. The standard InChI is InChI=1S/C17H13BrClF3N4/c1-8-10(4-3-5-12(8)17(20,21)22)9(2)24-15-11-6-14(18)23-7-13(11)25-16(19)26-15/h3-7,9H,1-2H3,(H,24,25,26)/t9-/m1/s1. The second-order valence-corrected chi connectivity index (χ2v) is 6.90. The van der Waals surface area contributed by atoms with Crippen LogP contribution in [0.15, 0.2) is 35.1 Å². The minimum Gasteiger partial charge on any atom is -0.363 e. The maximum Gasteiger partial charge on any atom is 0.416 e. The van der Waals surface area contributed by atoms with Crippen molar-refractivity contribution in [2.24, 2.45) is 0 Å². The van der Waals surface area contributed by atoms with Crippen molar-refractivity contribution >= 4 is 44.3 Å². The molecule has 0 saturated heterocycles. The molecule has 0 aliphatic carbocycles. The number of pyridine rings is 1. The molecule has 1 aromatic carbocycles. The van der Waals surface area contributed by atoms with E-state index in [0.29, 0.717) is 26.9 Å². The second-order valence-electron chi connectivity index (χ2n) is 5.75. The molecule has 0 aliphatic rings. The first kappa shape index (κ1) is 18.8. The number of nitrogens with one attached hydrogen (secondary N) is 1. The molecule has 0 bridgehead atoms. The van der Waals surface area contributed by atoms with Crippen molar-refractivity contribution in [2.45, 2.75) is 26.1 Å². The summed E-state index contributed by atoms with van der Waals surface area (Å²) in [6, 6.07) is 5.42. The number of anilines is 1. The number of hydrogen-bond acceptors (Lipinski definition) is 4. The Morgan fingerprint density at radius 1 is 1.23 bits per heavy atom. The van der Waals surface area contributed by atoms with Crippen molar-refractivity contribution in [1.82, 2.24) is 15.0 Å². The molecule has 1 atom stereocenters. The first-order valence-electron chi connectivity index (χ1n) is 7.59. The van der Waals surface area contributed by atoms with Gasteiger partial charge in [0, 0.05) is 5.39 Å². The number of benzene rings is 1. The molecule has 0 aliphatic heterocycles. The predicted octanol–water partition coefficient (Wildman–Crippen LogP) is 5.94. The van der Waals surface area contributed by atoms with Gasteiger partial charge in [0.2, 0.25) is 5.28 Å². The van der Waals surface area contributed by atoms with Gasteiger partial charge in [0.1, 0.15) is 10.4 Å². The maximum absolute atomic E-state index is 13.2. The number of aromatic nitrogens is 3. The van der Waals surface area contributed by atoms with E-state index in [-0.39, 0.29) is 10.8 Å². The Labute approximate surface area is 161 Å². The van der Waals surface area contributed by atoms with Gasteiger partial charge in [0.15, 0.2) is 0 Å². The van der Waals surface area contributed by atoms with E-state index in [0.717, 1.165) is 6.07 Å². The molecule has 0 unspecified atom stereocenters. The topological polar surface area (TPSA) is 50.7 Å². The Morgan fingerprint density at radius 2 is 1.96 bits per heavy atom. The van der Waals surface area contributed by atoms with E-state index in [9.17, 15) is 13.2 Å². The molecule has 0 spiro atoms. The molecule has 2 aromatic heterocycles. The van der Waals surface area contributed by atoms with Gasteiger partial charge in [0.25, 0.3) is 0 Å². The summed E-state index contributed by atoms with van der Waals surface area (Å²) >= 11 is 9.25. The first-order chi connectivity index (χ1) is 12.2. The zero-order valence-electron chi connectivity index (χ0n) is 13.7. The Balaban J connectivity index is 2.03. The highest BCUT2D eigenvalue weighted by molar-refractivity contribution is 9.10. The lowest BCUT2D eigenvalue weighted by Crippen LogP contribution is -2.14. The van der Waals surface area contributed by atoms with E-state index in [4.69, 9.17) is 11.6 Å². The van der Waals surface area contributed by atoms with Crippen LogP contribution >= 0.6 is 27.5 Å². The number of hydrogen-bond donors (Lipinski definition) is 1. The number of nitrogens with zero attached hydrogens (tertiary/aromatic N) is 3. The summed E-state index contributed by atoms with van der Waals surface area (Å²) in [7, 11) is 0. The third-order valence-electron chi connectivity index (χ3n) is 4.02. The molecule has 0 amide bonds. The highest BCUT2D eigenvalue weighted by Gasteiger charge is 2.33. The molecular weight excluding hydrogens is 433 g/mol. The molecule has 0 saturated carbocycles.